The van der Waals surface area contributed by atoms with Gasteiger partial charge in [0.05, 0.1) is 12.2 Å². The zero-order chi connectivity index (χ0) is 8.82. The van der Waals surface area contributed by atoms with Gasteiger partial charge in [0.25, 0.3) is 0 Å². The van der Waals surface area contributed by atoms with Gasteiger partial charge in [0.15, 0.2) is 0 Å². The van der Waals surface area contributed by atoms with E-state index in [2.05, 4.69) is 6.07 Å². The van der Waals surface area contributed by atoms with Crippen molar-refractivity contribution in [3.05, 3.63) is 0 Å². The summed E-state index contributed by atoms with van der Waals surface area (Å²) in [4.78, 5) is 0. The molecule has 0 aliphatic heterocycles. The van der Waals surface area contributed by atoms with E-state index in [4.69, 9.17) is 15.7 Å². The maximum atomic E-state index is 8.93. The van der Waals surface area contributed by atoms with Crippen molar-refractivity contribution in [3.63, 3.8) is 0 Å². The molecule has 0 radical (unpaired) electrons. The summed E-state index contributed by atoms with van der Waals surface area (Å²) in [6, 6.07) is 2.23. The van der Waals surface area contributed by atoms with Crippen molar-refractivity contribution < 1.29 is 4.74 Å². The van der Waals surface area contributed by atoms with E-state index in [1.165, 1.54) is 6.42 Å². The number of hydrogen-bond donors (Lipinski definition) is 1. The lowest BCUT2D eigenvalue weighted by atomic mass is 9.44. The quantitative estimate of drug-likeness (QED) is 0.626. The second-order valence-electron chi connectivity index (χ2n) is 4.02. The molecule has 2 unspecified atom stereocenters. The highest BCUT2D eigenvalue weighted by molar-refractivity contribution is 5.29. The molecule has 2 fully saturated rings. The molecule has 2 aliphatic rings. The molecule has 0 aromatic carbocycles. The molecule has 0 bridgehead atoms. The van der Waals surface area contributed by atoms with Gasteiger partial charge in [0, 0.05) is 18.9 Å². The average molecular weight is 166 g/mol. The van der Waals surface area contributed by atoms with Crippen LogP contribution in [-0.4, -0.2) is 18.8 Å². The van der Waals surface area contributed by atoms with E-state index in [1.54, 1.807) is 7.11 Å². The normalized spacial score (nSPS) is 42.9. The summed E-state index contributed by atoms with van der Waals surface area (Å²) in [6.45, 7) is 0. The largest absolute Gasteiger partial charge is 0.381 e. The second kappa shape index (κ2) is 2.21. The van der Waals surface area contributed by atoms with Crippen LogP contribution >= 0.6 is 0 Å². The summed E-state index contributed by atoms with van der Waals surface area (Å²) in [5.74, 6) is 0. The highest BCUT2D eigenvalue weighted by atomic mass is 16.5. The zero-order valence-electron chi connectivity index (χ0n) is 7.34. The lowest BCUT2D eigenvalue weighted by Gasteiger charge is -2.63. The van der Waals surface area contributed by atoms with Crippen LogP contribution in [0.25, 0.3) is 0 Å². The Morgan fingerprint density at radius 2 is 2.25 bits per heavy atom. The summed E-state index contributed by atoms with van der Waals surface area (Å²) >= 11 is 0. The maximum absolute atomic E-state index is 8.93. The number of nitrogens with two attached hydrogens (primary N) is 1. The van der Waals surface area contributed by atoms with Crippen LogP contribution < -0.4 is 5.73 Å². The molecule has 0 aromatic heterocycles. The SMILES string of the molecule is COC1CC(N)(C#N)C12CCC2. The number of rotatable bonds is 1. The first kappa shape index (κ1) is 8.03. The van der Waals surface area contributed by atoms with Crippen molar-refractivity contribution in [2.45, 2.75) is 37.3 Å². The van der Waals surface area contributed by atoms with Gasteiger partial charge in [0.2, 0.25) is 0 Å². The molecule has 2 rings (SSSR count). The standard InChI is InChI=1S/C9H14N2O/c1-12-7-5-9(11,6-10)8(7)3-2-4-8/h7H,2-5,11H2,1H3. The number of hydrogen-bond acceptors (Lipinski definition) is 3. The fourth-order valence-electron chi connectivity index (χ4n) is 2.64. The first-order valence-corrected chi connectivity index (χ1v) is 4.41. The number of nitrogens with zero attached hydrogens (tertiary/aromatic N) is 1. The van der Waals surface area contributed by atoms with Gasteiger partial charge in [-0.05, 0) is 12.8 Å². The lowest BCUT2D eigenvalue weighted by Crippen LogP contribution is -2.74. The molecule has 0 amide bonds. The molecular formula is C9H14N2O. The van der Waals surface area contributed by atoms with Crippen LogP contribution in [0.2, 0.25) is 0 Å². The molecule has 1 spiro atoms. The molecule has 12 heavy (non-hydrogen) atoms. The molecule has 2 aliphatic carbocycles. The van der Waals surface area contributed by atoms with Gasteiger partial charge >= 0.3 is 0 Å². The van der Waals surface area contributed by atoms with Crippen LogP contribution in [-0.2, 0) is 4.74 Å². The van der Waals surface area contributed by atoms with Crippen molar-refractivity contribution in [3.8, 4) is 6.07 Å². The van der Waals surface area contributed by atoms with Gasteiger partial charge in [-0.2, -0.15) is 5.26 Å². The van der Waals surface area contributed by atoms with Crippen LogP contribution in [0, 0.1) is 16.7 Å². The minimum Gasteiger partial charge on any atom is -0.381 e. The highest BCUT2D eigenvalue weighted by Crippen LogP contribution is 2.61. The Balaban J connectivity index is 2.20. The average Bonchev–Trinajstić information content (AvgIpc) is 1.96. The smallest absolute Gasteiger partial charge is 0.114 e. The van der Waals surface area contributed by atoms with E-state index in [0.29, 0.717) is 6.42 Å². The number of ether oxygens (including phenoxy) is 1. The third kappa shape index (κ3) is 0.634. The topological polar surface area (TPSA) is 59.0 Å². The molecule has 2 atom stereocenters. The van der Waals surface area contributed by atoms with Gasteiger partial charge in [0.1, 0.15) is 5.54 Å². The Bertz CT molecular complexity index is 241. The van der Waals surface area contributed by atoms with Crippen molar-refractivity contribution >= 4 is 0 Å². The fraction of sp³-hybridized carbons (Fsp3) is 0.889. The second-order valence-corrected chi connectivity index (χ2v) is 4.02. The van der Waals surface area contributed by atoms with Crippen LogP contribution in [0.5, 0.6) is 0 Å². The third-order valence-corrected chi connectivity index (χ3v) is 3.74. The summed E-state index contributed by atoms with van der Waals surface area (Å²) in [6.07, 6.45) is 4.27. The molecular weight excluding hydrogens is 152 g/mol. The van der Waals surface area contributed by atoms with Gasteiger partial charge in [-0.3, -0.25) is 0 Å². The lowest BCUT2D eigenvalue weighted by molar-refractivity contribution is -0.177. The molecule has 66 valence electrons. The predicted molar refractivity (Wildman–Crippen MR) is 44.2 cm³/mol. The minimum atomic E-state index is -0.591. The Labute approximate surface area is 72.5 Å². The summed E-state index contributed by atoms with van der Waals surface area (Å²) < 4.78 is 5.31. The first-order chi connectivity index (χ1) is 5.68. The predicted octanol–water partition coefficient (Wildman–Crippen LogP) is 0.796. The maximum Gasteiger partial charge on any atom is 0.114 e. The van der Waals surface area contributed by atoms with Crippen LogP contribution in [0.3, 0.4) is 0 Å². The van der Waals surface area contributed by atoms with E-state index < -0.39 is 5.54 Å². The van der Waals surface area contributed by atoms with Crippen molar-refractivity contribution in [1.29, 1.82) is 5.26 Å². The molecule has 0 aromatic rings. The van der Waals surface area contributed by atoms with E-state index in [-0.39, 0.29) is 11.5 Å². The monoisotopic (exact) mass is 166 g/mol. The summed E-state index contributed by atoms with van der Waals surface area (Å²) in [5, 5.41) is 8.93. The molecule has 2 saturated carbocycles. The van der Waals surface area contributed by atoms with Gasteiger partial charge < -0.3 is 10.5 Å². The van der Waals surface area contributed by atoms with Crippen LogP contribution in [0.15, 0.2) is 0 Å². The fourth-order valence-corrected chi connectivity index (χ4v) is 2.64. The van der Waals surface area contributed by atoms with E-state index >= 15 is 0 Å². The van der Waals surface area contributed by atoms with Gasteiger partial charge in [-0.15, -0.1) is 0 Å². The van der Waals surface area contributed by atoms with E-state index in [0.717, 1.165) is 12.8 Å². The van der Waals surface area contributed by atoms with Crippen LogP contribution in [0.1, 0.15) is 25.7 Å². The highest BCUT2D eigenvalue weighted by Gasteiger charge is 2.67. The van der Waals surface area contributed by atoms with Gasteiger partial charge in [-0.1, -0.05) is 6.42 Å². The Hall–Kier alpha value is -0.590. The van der Waals surface area contributed by atoms with E-state index in [9.17, 15) is 0 Å². The van der Waals surface area contributed by atoms with Crippen molar-refractivity contribution in [1.82, 2.24) is 0 Å². The Kier molecular flexibility index (Phi) is 1.48. The number of nitriles is 1. The number of methoxy groups -OCH3 is 1. The minimum absolute atomic E-state index is 0.0104. The van der Waals surface area contributed by atoms with Crippen molar-refractivity contribution in [2.24, 2.45) is 11.1 Å². The molecule has 3 nitrogen and oxygen atoms in total. The summed E-state index contributed by atoms with van der Waals surface area (Å²) in [7, 11) is 1.71. The third-order valence-electron chi connectivity index (χ3n) is 3.74. The van der Waals surface area contributed by atoms with Crippen molar-refractivity contribution in [2.75, 3.05) is 7.11 Å². The summed E-state index contributed by atoms with van der Waals surface area (Å²) in [5.41, 5.74) is 5.39. The molecule has 3 heteroatoms. The molecule has 2 N–H and O–H groups in total. The van der Waals surface area contributed by atoms with Crippen LogP contribution in [0.4, 0.5) is 0 Å². The van der Waals surface area contributed by atoms with E-state index in [1.807, 2.05) is 0 Å². The van der Waals surface area contributed by atoms with Gasteiger partial charge in [-0.25, -0.2) is 0 Å². The molecule has 0 heterocycles. The zero-order valence-corrected chi connectivity index (χ0v) is 7.34. The first-order valence-electron chi connectivity index (χ1n) is 4.41. The molecule has 0 saturated heterocycles. The Morgan fingerprint density at radius 3 is 2.58 bits per heavy atom. The Morgan fingerprint density at radius 1 is 1.58 bits per heavy atom.